The van der Waals surface area contributed by atoms with E-state index in [0.29, 0.717) is 31.2 Å². The number of carbonyl (C=O) groups excluding carboxylic acids is 1. The summed E-state index contributed by atoms with van der Waals surface area (Å²) in [7, 11) is 1.75. The van der Waals surface area contributed by atoms with E-state index in [9.17, 15) is 4.79 Å². The minimum absolute atomic E-state index is 0. The average molecular weight is 524 g/mol. The van der Waals surface area contributed by atoms with Gasteiger partial charge in [0.05, 0.1) is 13.2 Å². The lowest BCUT2D eigenvalue weighted by Crippen LogP contribution is -2.41. The van der Waals surface area contributed by atoms with Gasteiger partial charge in [0.1, 0.15) is 0 Å². The number of amides is 1. The van der Waals surface area contributed by atoms with Gasteiger partial charge in [-0.15, -0.1) is 24.0 Å². The Morgan fingerprint density at radius 3 is 2.27 bits per heavy atom. The predicted octanol–water partition coefficient (Wildman–Crippen LogP) is 3.44. The van der Waals surface area contributed by atoms with E-state index in [1.807, 2.05) is 48.5 Å². The Labute approximate surface area is 196 Å². The van der Waals surface area contributed by atoms with Crippen LogP contribution in [0.4, 0.5) is 0 Å². The molecule has 2 rings (SSSR count). The van der Waals surface area contributed by atoms with Crippen LogP contribution < -0.4 is 16.0 Å². The van der Waals surface area contributed by atoms with Crippen molar-refractivity contribution in [3.8, 4) is 0 Å². The zero-order chi connectivity index (χ0) is 20.7. The van der Waals surface area contributed by atoms with E-state index in [1.165, 1.54) is 5.56 Å². The zero-order valence-corrected chi connectivity index (χ0v) is 20.1. The highest BCUT2D eigenvalue weighted by Gasteiger charge is 2.05. The fourth-order valence-electron chi connectivity index (χ4n) is 2.69. The number of nitrogens with one attached hydrogen (secondary N) is 3. The van der Waals surface area contributed by atoms with Crippen LogP contribution in [0.2, 0.25) is 0 Å². The van der Waals surface area contributed by atoms with Gasteiger partial charge in [0, 0.05) is 32.2 Å². The summed E-state index contributed by atoms with van der Waals surface area (Å²) in [4.78, 5) is 16.2. The Morgan fingerprint density at radius 1 is 0.967 bits per heavy atom. The van der Waals surface area contributed by atoms with Crippen LogP contribution in [-0.4, -0.2) is 45.2 Å². The van der Waals surface area contributed by atoms with E-state index >= 15 is 0 Å². The van der Waals surface area contributed by atoms with Gasteiger partial charge in [-0.1, -0.05) is 55.5 Å². The molecule has 0 aliphatic heterocycles. The molecule has 0 heterocycles. The molecule has 0 spiro atoms. The second-order valence-corrected chi connectivity index (χ2v) is 6.96. The molecule has 0 bridgehead atoms. The molecule has 0 aromatic heterocycles. The quantitative estimate of drug-likeness (QED) is 0.182. The van der Waals surface area contributed by atoms with Crippen molar-refractivity contribution in [2.24, 2.45) is 10.9 Å². The second-order valence-electron chi connectivity index (χ2n) is 6.96. The molecule has 0 aliphatic carbocycles. The third-order valence-corrected chi connectivity index (χ3v) is 4.32. The molecule has 0 radical (unpaired) electrons. The van der Waals surface area contributed by atoms with Crippen molar-refractivity contribution in [2.75, 3.05) is 33.3 Å². The molecule has 0 fully saturated rings. The van der Waals surface area contributed by atoms with E-state index in [2.05, 4.69) is 40.0 Å². The van der Waals surface area contributed by atoms with Crippen LogP contribution >= 0.6 is 24.0 Å². The van der Waals surface area contributed by atoms with Crippen molar-refractivity contribution in [1.82, 2.24) is 16.0 Å². The molecule has 30 heavy (non-hydrogen) atoms. The number of hydrogen-bond acceptors (Lipinski definition) is 3. The van der Waals surface area contributed by atoms with Crippen molar-refractivity contribution >= 4 is 35.8 Å². The summed E-state index contributed by atoms with van der Waals surface area (Å²) in [5, 5.41) is 9.50. The summed E-state index contributed by atoms with van der Waals surface area (Å²) in [6.45, 7) is 5.58. The van der Waals surface area contributed by atoms with E-state index in [4.69, 9.17) is 4.74 Å². The molecular weight excluding hydrogens is 491 g/mol. The lowest BCUT2D eigenvalue weighted by atomic mass is 10.2. The van der Waals surface area contributed by atoms with Crippen LogP contribution in [0, 0.1) is 5.92 Å². The lowest BCUT2D eigenvalue weighted by Gasteiger charge is -2.16. The van der Waals surface area contributed by atoms with Gasteiger partial charge < -0.3 is 20.7 Å². The molecule has 164 valence electrons. The van der Waals surface area contributed by atoms with Crippen LogP contribution in [0.25, 0.3) is 0 Å². The Bertz CT molecular complexity index is 741. The Kier molecular flexibility index (Phi) is 13.5. The first-order valence-electron chi connectivity index (χ1n) is 10.1. The highest BCUT2D eigenvalue weighted by molar-refractivity contribution is 14.0. The third kappa shape index (κ3) is 10.6. The fourth-order valence-corrected chi connectivity index (χ4v) is 2.69. The number of ether oxygens (including phenoxy) is 1. The predicted molar refractivity (Wildman–Crippen MR) is 133 cm³/mol. The summed E-state index contributed by atoms with van der Waals surface area (Å²) in [6, 6.07) is 19.4. The molecule has 3 N–H and O–H groups in total. The van der Waals surface area contributed by atoms with Crippen LogP contribution in [-0.2, 0) is 11.3 Å². The largest absolute Gasteiger partial charge is 0.376 e. The number of benzene rings is 2. The van der Waals surface area contributed by atoms with Crippen LogP contribution in [0.1, 0.15) is 29.3 Å². The summed E-state index contributed by atoms with van der Waals surface area (Å²) in [5.74, 6) is 1.08. The number of aliphatic imine (C=N–C) groups is 1. The number of guanidine groups is 1. The van der Waals surface area contributed by atoms with Crippen LogP contribution in [0.15, 0.2) is 65.7 Å². The average Bonchev–Trinajstić information content (AvgIpc) is 2.76. The standard InChI is InChI=1S/C23H32N4O2.HI/c1-19(17-29-18-20-10-5-3-6-11-20)16-27-23(24-2)26-15-9-14-25-22(28)21-12-7-4-8-13-21;/h3-8,10-13,19H,9,14-18H2,1-2H3,(H,25,28)(H2,24,26,27);1H. The van der Waals surface area contributed by atoms with Crippen molar-refractivity contribution in [2.45, 2.75) is 20.0 Å². The number of carbonyl (C=O) groups is 1. The Morgan fingerprint density at radius 2 is 1.60 bits per heavy atom. The van der Waals surface area contributed by atoms with Gasteiger partial charge in [-0.05, 0) is 30.0 Å². The lowest BCUT2D eigenvalue weighted by molar-refractivity contribution is 0.0931. The van der Waals surface area contributed by atoms with E-state index < -0.39 is 0 Å². The molecular formula is C23H33IN4O2. The maximum atomic E-state index is 12.0. The minimum atomic E-state index is -0.0440. The first kappa shape index (κ1) is 25.9. The van der Waals surface area contributed by atoms with Gasteiger partial charge in [-0.2, -0.15) is 0 Å². The highest BCUT2D eigenvalue weighted by atomic mass is 127. The first-order valence-corrected chi connectivity index (χ1v) is 10.1. The van der Waals surface area contributed by atoms with E-state index in [-0.39, 0.29) is 29.9 Å². The SMILES string of the molecule is CN=C(NCCCNC(=O)c1ccccc1)NCC(C)COCc1ccccc1.I. The number of rotatable bonds is 11. The number of hydrogen-bond donors (Lipinski definition) is 3. The van der Waals surface area contributed by atoms with Crippen LogP contribution in [0.3, 0.4) is 0 Å². The molecule has 2 aromatic rings. The van der Waals surface area contributed by atoms with E-state index in [1.54, 1.807) is 7.05 Å². The fraction of sp³-hybridized carbons (Fsp3) is 0.391. The smallest absolute Gasteiger partial charge is 0.251 e. The summed E-state index contributed by atoms with van der Waals surface area (Å²) >= 11 is 0. The molecule has 0 aliphatic rings. The molecule has 0 saturated heterocycles. The summed E-state index contributed by atoms with van der Waals surface area (Å²) in [5.41, 5.74) is 1.87. The zero-order valence-electron chi connectivity index (χ0n) is 17.8. The molecule has 1 atom stereocenters. The molecule has 6 nitrogen and oxygen atoms in total. The van der Waals surface area contributed by atoms with Crippen molar-refractivity contribution in [1.29, 1.82) is 0 Å². The topological polar surface area (TPSA) is 74.8 Å². The molecule has 0 saturated carbocycles. The maximum Gasteiger partial charge on any atom is 0.251 e. The van der Waals surface area contributed by atoms with Crippen LogP contribution in [0.5, 0.6) is 0 Å². The van der Waals surface area contributed by atoms with Gasteiger partial charge in [0.15, 0.2) is 5.96 Å². The summed E-state index contributed by atoms with van der Waals surface area (Å²) < 4.78 is 5.78. The monoisotopic (exact) mass is 524 g/mol. The molecule has 1 unspecified atom stereocenters. The maximum absolute atomic E-state index is 12.0. The normalized spacial score (nSPS) is 11.9. The third-order valence-electron chi connectivity index (χ3n) is 4.32. The van der Waals surface area contributed by atoms with Crippen molar-refractivity contribution in [3.05, 3.63) is 71.8 Å². The molecule has 7 heteroatoms. The number of nitrogens with zero attached hydrogens (tertiary/aromatic N) is 1. The molecule has 1 amide bonds. The van der Waals surface area contributed by atoms with E-state index in [0.717, 1.165) is 25.5 Å². The van der Waals surface area contributed by atoms with Crippen molar-refractivity contribution < 1.29 is 9.53 Å². The van der Waals surface area contributed by atoms with Gasteiger partial charge in [0.2, 0.25) is 0 Å². The molecule has 2 aromatic carbocycles. The van der Waals surface area contributed by atoms with Gasteiger partial charge in [0.25, 0.3) is 5.91 Å². The first-order chi connectivity index (χ1) is 14.2. The highest BCUT2D eigenvalue weighted by Crippen LogP contribution is 2.03. The second kappa shape index (κ2) is 15.7. The Hall–Kier alpha value is -2.13. The van der Waals surface area contributed by atoms with Gasteiger partial charge in [-0.25, -0.2) is 0 Å². The Balaban J connectivity index is 0.00000450. The number of halogens is 1. The van der Waals surface area contributed by atoms with Crippen molar-refractivity contribution in [3.63, 3.8) is 0 Å². The minimum Gasteiger partial charge on any atom is -0.376 e. The van der Waals surface area contributed by atoms with Gasteiger partial charge in [-0.3, -0.25) is 9.79 Å². The van der Waals surface area contributed by atoms with Gasteiger partial charge >= 0.3 is 0 Å². The summed E-state index contributed by atoms with van der Waals surface area (Å²) in [6.07, 6.45) is 0.814.